The number of hydrogen-bond donors (Lipinski definition) is 2. The van der Waals surface area contributed by atoms with Crippen LogP contribution in [0.15, 0.2) is 39.7 Å². The first-order chi connectivity index (χ1) is 15.7. The number of halogens is 2. The minimum absolute atomic E-state index is 0.0721. The third-order valence-electron chi connectivity index (χ3n) is 5.88. The highest BCUT2D eigenvalue weighted by Gasteiger charge is 2.29. The van der Waals surface area contributed by atoms with Gasteiger partial charge in [-0.2, -0.15) is 0 Å². The van der Waals surface area contributed by atoms with E-state index in [1.165, 1.54) is 30.3 Å². The Hall–Kier alpha value is -2.01. The van der Waals surface area contributed by atoms with E-state index in [1.807, 2.05) is 0 Å². The first kappa shape index (κ1) is 24.1. The fraction of sp³-hybridized carbons (Fsp3) is 0.435. The van der Waals surface area contributed by atoms with Crippen LogP contribution in [0.1, 0.15) is 40.2 Å². The molecule has 2 aromatic carbocycles. The maximum atomic E-state index is 15.4. The SMILES string of the molecule is O=C(NCCN1CCOCC1)c1cc(C2CC2)cc(CS(=O)(=O)c2cc(Br)ccc2O)c1F. The number of rotatable bonds is 8. The number of carbonyl (C=O) groups is 1. The number of nitrogens with one attached hydrogen (secondary N) is 1. The molecule has 1 aliphatic carbocycles. The summed E-state index contributed by atoms with van der Waals surface area (Å²) >= 11 is 3.20. The summed E-state index contributed by atoms with van der Waals surface area (Å²) < 4.78 is 47.1. The molecule has 7 nitrogen and oxygen atoms in total. The molecule has 0 aromatic heterocycles. The number of carbonyl (C=O) groups excluding carboxylic acids is 1. The molecule has 1 heterocycles. The average Bonchev–Trinajstić information content (AvgIpc) is 3.63. The molecule has 1 saturated carbocycles. The van der Waals surface area contributed by atoms with Gasteiger partial charge in [-0.1, -0.05) is 22.0 Å². The lowest BCUT2D eigenvalue weighted by molar-refractivity contribution is 0.0383. The van der Waals surface area contributed by atoms with Crippen molar-refractivity contribution in [2.45, 2.75) is 29.4 Å². The number of aromatic hydroxyl groups is 1. The van der Waals surface area contributed by atoms with Gasteiger partial charge in [0.15, 0.2) is 9.84 Å². The van der Waals surface area contributed by atoms with E-state index in [1.54, 1.807) is 0 Å². The van der Waals surface area contributed by atoms with E-state index >= 15 is 4.39 Å². The molecule has 1 saturated heterocycles. The maximum absolute atomic E-state index is 15.4. The molecule has 0 bridgehead atoms. The normalized spacial score (nSPS) is 17.2. The second-order valence-electron chi connectivity index (χ2n) is 8.40. The third kappa shape index (κ3) is 5.92. The topological polar surface area (TPSA) is 95.9 Å². The predicted octanol–water partition coefficient (Wildman–Crippen LogP) is 3.21. The van der Waals surface area contributed by atoms with Gasteiger partial charge in [0.1, 0.15) is 16.5 Å². The standard InChI is InChI=1S/C23H26BrFN2O5S/c24-18-3-4-20(28)21(13-18)33(30,31)14-17-11-16(15-1-2-15)12-19(22(17)25)23(29)26-5-6-27-7-9-32-10-8-27/h3-4,11-13,15,28H,1-2,5-10,14H2,(H,26,29). The van der Waals surface area contributed by atoms with Crippen LogP contribution in [-0.2, 0) is 20.3 Å². The van der Waals surface area contributed by atoms with Crippen molar-refractivity contribution in [2.24, 2.45) is 0 Å². The Labute approximate surface area is 201 Å². The molecular weight excluding hydrogens is 515 g/mol. The molecule has 1 amide bonds. The van der Waals surface area contributed by atoms with Crippen molar-refractivity contribution in [3.63, 3.8) is 0 Å². The van der Waals surface area contributed by atoms with Gasteiger partial charge in [-0.15, -0.1) is 0 Å². The highest BCUT2D eigenvalue weighted by molar-refractivity contribution is 9.10. The largest absolute Gasteiger partial charge is 0.507 e. The van der Waals surface area contributed by atoms with Crippen LogP contribution >= 0.6 is 15.9 Å². The van der Waals surface area contributed by atoms with Crippen molar-refractivity contribution in [3.05, 3.63) is 57.3 Å². The number of phenolic OH excluding ortho intramolecular Hbond substituents is 1. The summed E-state index contributed by atoms with van der Waals surface area (Å²) in [6.07, 6.45) is 1.84. The van der Waals surface area contributed by atoms with Crippen LogP contribution in [0.5, 0.6) is 5.75 Å². The lowest BCUT2D eigenvalue weighted by Crippen LogP contribution is -2.41. The number of morpholine rings is 1. The number of amides is 1. The van der Waals surface area contributed by atoms with Gasteiger partial charge in [-0.25, -0.2) is 12.8 Å². The minimum Gasteiger partial charge on any atom is -0.507 e. The van der Waals surface area contributed by atoms with E-state index in [-0.39, 0.29) is 21.9 Å². The van der Waals surface area contributed by atoms with Crippen molar-refractivity contribution in [3.8, 4) is 5.75 Å². The number of phenols is 1. The van der Waals surface area contributed by atoms with E-state index in [9.17, 15) is 18.3 Å². The van der Waals surface area contributed by atoms with Crippen LogP contribution in [0.25, 0.3) is 0 Å². The molecule has 0 radical (unpaired) electrons. The second-order valence-corrected chi connectivity index (χ2v) is 11.3. The average molecular weight is 541 g/mol. The van der Waals surface area contributed by atoms with Gasteiger partial charge < -0.3 is 15.2 Å². The van der Waals surface area contributed by atoms with Crippen molar-refractivity contribution >= 4 is 31.7 Å². The van der Waals surface area contributed by atoms with Crippen LogP contribution in [-0.4, -0.2) is 63.7 Å². The fourth-order valence-electron chi connectivity index (χ4n) is 3.90. The van der Waals surface area contributed by atoms with Crippen LogP contribution in [0.3, 0.4) is 0 Å². The molecule has 0 unspecified atom stereocenters. The molecule has 0 spiro atoms. The molecule has 2 fully saturated rings. The summed E-state index contributed by atoms with van der Waals surface area (Å²) in [5, 5.41) is 12.8. The number of nitrogens with zero attached hydrogens (tertiary/aromatic N) is 1. The van der Waals surface area contributed by atoms with Crippen LogP contribution in [0, 0.1) is 5.82 Å². The van der Waals surface area contributed by atoms with Gasteiger partial charge in [0.2, 0.25) is 0 Å². The maximum Gasteiger partial charge on any atom is 0.254 e. The highest BCUT2D eigenvalue weighted by Crippen LogP contribution is 2.41. The minimum atomic E-state index is -4.06. The molecule has 2 aliphatic rings. The van der Waals surface area contributed by atoms with Crippen molar-refractivity contribution in [2.75, 3.05) is 39.4 Å². The van der Waals surface area contributed by atoms with E-state index in [2.05, 4.69) is 26.1 Å². The molecule has 2 N–H and O–H groups in total. The highest BCUT2D eigenvalue weighted by atomic mass is 79.9. The van der Waals surface area contributed by atoms with Gasteiger partial charge in [-0.05, 0) is 48.6 Å². The predicted molar refractivity (Wildman–Crippen MR) is 125 cm³/mol. The van der Waals surface area contributed by atoms with Crippen LogP contribution < -0.4 is 5.32 Å². The Morgan fingerprint density at radius 2 is 1.94 bits per heavy atom. The number of ether oxygens (including phenoxy) is 1. The molecule has 178 valence electrons. The lowest BCUT2D eigenvalue weighted by Gasteiger charge is -2.26. The van der Waals surface area contributed by atoms with Crippen LogP contribution in [0.4, 0.5) is 4.39 Å². The number of hydrogen-bond acceptors (Lipinski definition) is 6. The van der Waals surface area contributed by atoms with Gasteiger partial charge in [0.05, 0.1) is 24.5 Å². The summed E-state index contributed by atoms with van der Waals surface area (Å²) in [5.41, 5.74) is 0.542. The van der Waals surface area contributed by atoms with Crippen molar-refractivity contribution in [1.29, 1.82) is 0 Å². The number of sulfone groups is 1. The van der Waals surface area contributed by atoms with Gasteiger partial charge >= 0.3 is 0 Å². The zero-order chi connectivity index (χ0) is 23.6. The Balaban J connectivity index is 1.56. The van der Waals surface area contributed by atoms with Gasteiger partial charge in [0.25, 0.3) is 5.91 Å². The monoisotopic (exact) mass is 540 g/mol. The smallest absolute Gasteiger partial charge is 0.254 e. The number of benzene rings is 2. The van der Waals surface area contributed by atoms with E-state index in [0.717, 1.165) is 31.5 Å². The lowest BCUT2D eigenvalue weighted by atomic mass is 10.0. The van der Waals surface area contributed by atoms with E-state index in [0.29, 0.717) is 30.8 Å². The Morgan fingerprint density at radius 1 is 1.21 bits per heavy atom. The summed E-state index contributed by atoms with van der Waals surface area (Å²) in [7, 11) is -4.06. The molecule has 4 rings (SSSR count). The molecule has 2 aromatic rings. The first-order valence-electron chi connectivity index (χ1n) is 10.9. The molecule has 1 aliphatic heterocycles. The zero-order valence-electron chi connectivity index (χ0n) is 18.0. The fourth-order valence-corrected chi connectivity index (χ4v) is 5.88. The van der Waals surface area contributed by atoms with Crippen LogP contribution in [0.2, 0.25) is 0 Å². The third-order valence-corrected chi connectivity index (χ3v) is 8.06. The van der Waals surface area contributed by atoms with E-state index in [4.69, 9.17) is 4.74 Å². The zero-order valence-corrected chi connectivity index (χ0v) is 20.4. The van der Waals surface area contributed by atoms with Gasteiger partial charge in [-0.3, -0.25) is 9.69 Å². The molecule has 0 atom stereocenters. The van der Waals surface area contributed by atoms with Crippen molar-refractivity contribution in [1.82, 2.24) is 10.2 Å². The second kappa shape index (κ2) is 10.1. The molecule has 33 heavy (non-hydrogen) atoms. The Morgan fingerprint density at radius 3 is 2.64 bits per heavy atom. The summed E-state index contributed by atoms with van der Waals surface area (Å²) in [6.45, 7) is 3.85. The summed E-state index contributed by atoms with van der Waals surface area (Å²) in [5.74, 6) is -2.27. The van der Waals surface area contributed by atoms with E-state index < -0.39 is 33.1 Å². The van der Waals surface area contributed by atoms with Crippen molar-refractivity contribution < 1.29 is 27.4 Å². The Bertz CT molecular complexity index is 1150. The van der Waals surface area contributed by atoms with Gasteiger partial charge in [0, 0.05) is 36.2 Å². The summed E-state index contributed by atoms with van der Waals surface area (Å²) in [4.78, 5) is 14.7. The first-order valence-corrected chi connectivity index (χ1v) is 13.3. The Kier molecular flexibility index (Phi) is 7.37. The molecule has 10 heteroatoms. The summed E-state index contributed by atoms with van der Waals surface area (Å²) in [6, 6.07) is 7.13. The molecular formula is C23H26BrFN2O5S. The quantitative estimate of drug-likeness (QED) is 0.533.